The van der Waals surface area contributed by atoms with Crippen molar-refractivity contribution in [3.05, 3.63) is 0 Å². The zero-order valence-corrected chi connectivity index (χ0v) is 6.91. The molecule has 1 atom stereocenters. The topological polar surface area (TPSA) is 41.5 Å². The normalized spacial score (nSPS) is 23.5. The molecular formula is C6H4F6N2O. The monoisotopic (exact) mass is 234 g/mol. The zero-order valence-electron chi connectivity index (χ0n) is 6.91. The Morgan fingerprint density at radius 2 is 1.73 bits per heavy atom. The molecule has 15 heavy (non-hydrogen) atoms. The van der Waals surface area contributed by atoms with E-state index in [9.17, 15) is 31.1 Å². The summed E-state index contributed by atoms with van der Waals surface area (Å²) in [4.78, 5) is 13.0. The molecule has 1 aliphatic heterocycles. The van der Waals surface area contributed by atoms with E-state index in [1.807, 2.05) is 0 Å². The highest BCUT2D eigenvalue weighted by Crippen LogP contribution is 2.29. The summed E-state index contributed by atoms with van der Waals surface area (Å²) in [5.41, 5.74) is 0. The summed E-state index contributed by atoms with van der Waals surface area (Å²) in [6.45, 7) is 0. The van der Waals surface area contributed by atoms with Gasteiger partial charge in [-0.2, -0.15) is 26.3 Å². The SMILES string of the molecule is O=C1CC(C(F)(F)F)N=C(C(F)(F)F)N1. The minimum Gasteiger partial charge on any atom is -0.307 e. The minimum absolute atomic E-state index is 1.12. The molecular weight excluding hydrogens is 230 g/mol. The van der Waals surface area contributed by atoms with Crippen molar-refractivity contribution in [2.75, 3.05) is 0 Å². The van der Waals surface area contributed by atoms with Crippen molar-refractivity contribution in [1.29, 1.82) is 0 Å². The number of rotatable bonds is 0. The molecule has 1 aliphatic rings. The van der Waals surface area contributed by atoms with E-state index in [1.54, 1.807) is 0 Å². The first-order valence-electron chi connectivity index (χ1n) is 3.62. The van der Waals surface area contributed by atoms with Crippen LogP contribution in [-0.2, 0) is 4.79 Å². The van der Waals surface area contributed by atoms with Crippen LogP contribution < -0.4 is 5.32 Å². The predicted octanol–water partition coefficient (Wildman–Crippen LogP) is 1.40. The molecule has 0 aromatic heterocycles. The van der Waals surface area contributed by atoms with Gasteiger partial charge in [0.1, 0.15) is 0 Å². The molecule has 1 unspecified atom stereocenters. The van der Waals surface area contributed by atoms with Crippen molar-refractivity contribution in [3.63, 3.8) is 0 Å². The first-order valence-corrected chi connectivity index (χ1v) is 3.62. The highest BCUT2D eigenvalue weighted by Gasteiger charge is 2.48. The lowest BCUT2D eigenvalue weighted by Crippen LogP contribution is -2.49. The summed E-state index contributed by atoms with van der Waals surface area (Å²) >= 11 is 0. The molecule has 86 valence electrons. The third kappa shape index (κ3) is 2.83. The highest BCUT2D eigenvalue weighted by atomic mass is 19.4. The molecule has 0 aromatic rings. The fraction of sp³-hybridized carbons (Fsp3) is 0.667. The molecule has 0 saturated carbocycles. The molecule has 1 N–H and O–H groups in total. The predicted molar refractivity (Wildman–Crippen MR) is 36.1 cm³/mol. The average Bonchev–Trinajstić information content (AvgIpc) is 1.99. The van der Waals surface area contributed by atoms with E-state index in [-0.39, 0.29) is 0 Å². The molecule has 0 bridgehead atoms. The van der Waals surface area contributed by atoms with E-state index < -0.39 is 36.6 Å². The van der Waals surface area contributed by atoms with Gasteiger partial charge in [0.25, 0.3) is 0 Å². The highest BCUT2D eigenvalue weighted by molar-refractivity contribution is 6.03. The molecule has 3 nitrogen and oxygen atoms in total. The number of halogens is 6. The molecule has 1 amide bonds. The molecule has 0 spiro atoms. The number of hydrogen-bond donors (Lipinski definition) is 1. The Balaban J connectivity index is 2.99. The molecule has 0 radical (unpaired) electrons. The number of amidine groups is 1. The van der Waals surface area contributed by atoms with Crippen LogP contribution in [0.5, 0.6) is 0 Å². The molecule has 0 fully saturated rings. The average molecular weight is 234 g/mol. The largest absolute Gasteiger partial charge is 0.449 e. The summed E-state index contributed by atoms with van der Waals surface area (Å²) in [6.07, 6.45) is -11.2. The van der Waals surface area contributed by atoms with Gasteiger partial charge in [0.05, 0.1) is 6.42 Å². The van der Waals surface area contributed by atoms with Gasteiger partial charge >= 0.3 is 12.4 Å². The second-order valence-electron chi connectivity index (χ2n) is 2.79. The van der Waals surface area contributed by atoms with Crippen LogP contribution >= 0.6 is 0 Å². The minimum atomic E-state index is -5.08. The lowest BCUT2D eigenvalue weighted by Gasteiger charge is -2.23. The molecule has 9 heteroatoms. The van der Waals surface area contributed by atoms with Gasteiger partial charge in [-0.05, 0) is 0 Å². The number of carbonyl (C=O) groups is 1. The van der Waals surface area contributed by atoms with Crippen LogP contribution in [0.1, 0.15) is 6.42 Å². The number of nitrogens with one attached hydrogen (secondary N) is 1. The zero-order chi connectivity index (χ0) is 11.9. The number of carbonyl (C=O) groups excluding carboxylic acids is 1. The second-order valence-corrected chi connectivity index (χ2v) is 2.79. The van der Waals surface area contributed by atoms with Gasteiger partial charge in [-0.3, -0.25) is 9.79 Å². The molecule has 1 heterocycles. The van der Waals surface area contributed by atoms with Crippen LogP contribution in [0.2, 0.25) is 0 Å². The first kappa shape index (κ1) is 11.8. The maximum Gasteiger partial charge on any atom is 0.449 e. The summed E-state index contributed by atoms with van der Waals surface area (Å²) < 4.78 is 72.0. The molecule has 0 aliphatic carbocycles. The van der Waals surface area contributed by atoms with Crippen LogP contribution in [0.15, 0.2) is 4.99 Å². The van der Waals surface area contributed by atoms with Gasteiger partial charge in [-0.25, -0.2) is 0 Å². The Bertz CT molecular complexity index is 304. The third-order valence-electron chi connectivity index (χ3n) is 1.57. The number of aliphatic imine (C=N–C) groups is 1. The van der Waals surface area contributed by atoms with Gasteiger partial charge < -0.3 is 5.32 Å². The van der Waals surface area contributed by atoms with E-state index in [0.29, 0.717) is 0 Å². The maximum atomic E-state index is 12.0. The van der Waals surface area contributed by atoms with Crippen LogP contribution in [-0.4, -0.2) is 30.1 Å². The van der Waals surface area contributed by atoms with Crippen molar-refractivity contribution in [2.24, 2.45) is 4.99 Å². The van der Waals surface area contributed by atoms with Crippen LogP contribution in [0.4, 0.5) is 26.3 Å². The first-order chi connectivity index (χ1) is 6.60. The van der Waals surface area contributed by atoms with Crippen molar-refractivity contribution in [2.45, 2.75) is 24.8 Å². The van der Waals surface area contributed by atoms with E-state index in [2.05, 4.69) is 4.99 Å². The van der Waals surface area contributed by atoms with E-state index in [4.69, 9.17) is 0 Å². The van der Waals surface area contributed by atoms with Gasteiger partial charge in [0.2, 0.25) is 11.7 Å². The second kappa shape index (κ2) is 3.38. The standard InChI is InChI=1S/C6H4F6N2O/c7-5(8,9)2-1-3(15)14-4(13-2)6(10,11)12/h2H,1H2,(H,13,14,15). The van der Waals surface area contributed by atoms with Gasteiger partial charge in [0, 0.05) is 0 Å². The van der Waals surface area contributed by atoms with E-state index in [0.717, 1.165) is 0 Å². The van der Waals surface area contributed by atoms with Crippen molar-refractivity contribution < 1.29 is 31.1 Å². The van der Waals surface area contributed by atoms with Gasteiger partial charge in [-0.15, -0.1) is 0 Å². The van der Waals surface area contributed by atoms with E-state index >= 15 is 0 Å². The number of nitrogens with zero attached hydrogens (tertiary/aromatic N) is 1. The van der Waals surface area contributed by atoms with Gasteiger partial charge in [0.15, 0.2) is 6.04 Å². The Kier molecular flexibility index (Phi) is 2.66. The summed E-state index contributed by atoms with van der Waals surface area (Å²) in [6, 6.07) is -2.62. The number of hydrogen-bond acceptors (Lipinski definition) is 2. The summed E-state index contributed by atoms with van der Waals surface area (Å²) in [7, 11) is 0. The van der Waals surface area contributed by atoms with Crippen LogP contribution in [0, 0.1) is 0 Å². The fourth-order valence-electron chi connectivity index (χ4n) is 0.925. The molecule has 1 rings (SSSR count). The lowest BCUT2D eigenvalue weighted by atomic mass is 10.1. The number of alkyl halides is 6. The van der Waals surface area contributed by atoms with Crippen molar-refractivity contribution in [1.82, 2.24) is 5.32 Å². The van der Waals surface area contributed by atoms with Crippen LogP contribution in [0.3, 0.4) is 0 Å². The Morgan fingerprint density at radius 3 is 2.13 bits per heavy atom. The van der Waals surface area contributed by atoms with Crippen molar-refractivity contribution in [3.8, 4) is 0 Å². The van der Waals surface area contributed by atoms with E-state index in [1.165, 1.54) is 5.32 Å². The smallest absolute Gasteiger partial charge is 0.307 e. The summed E-state index contributed by atoms with van der Waals surface area (Å²) in [5, 5.41) is 1.24. The number of amides is 1. The third-order valence-corrected chi connectivity index (χ3v) is 1.57. The quantitative estimate of drug-likeness (QED) is 0.632. The van der Waals surface area contributed by atoms with Crippen molar-refractivity contribution >= 4 is 11.7 Å². The molecule has 0 saturated heterocycles. The maximum absolute atomic E-state index is 12.0. The lowest BCUT2D eigenvalue weighted by molar-refractivity contribution is -0.156. The Labute approximate surface area is 79.2 Å². The Hall–Kier alpha value is -1.28. The Morgan fingerprint density at radius 1 is 1.20 bits per heavy atom. The van der Waals surface area contributed by atoms with Crippen LogP contribution in [0.25, 0.3) is 0 Å². The van der Waals surface area contributed by atoms with Gasteiger partial charge in [-0.1, -0.05) is 0 Å². The summed E-state index contributed by atoms with van der Waals surface area (Å²) in [5.74, 6) is -3.25. The molecule has 0 aromatic carbocycles. The fourth-order valence-corrected chi connectivity index (χ4v) is 0.925.